The number of piperidine rings is 1. The molecule has 1 N–H and O–H groups in total. The Bertz CT molecular complexity index is 861. The summed E-state index contributed by atoms with van der Waals surface area (Å²) in [6.07, 6.45) is 3.61. The van der Waals surface area contributed by atoms with Gasteiger partial charge >= 0.3 is 0 Å². The van der Waals surface area contributed by atoms with Crippen molar-refractivity contribution in [2.75, 3.05) is 27.2 Å². The number of carbonyl (C=O) groups is 2. The number of nitrogens with one attached hydrogen (secondary N) is 1. The predicted octanol–water partition coefficient (Wildman–Crippen LogP) is 4.42. The molecule has 0 spiro atoms. The van der Waals surface area contributed by atoms with Crippen LogP contribution in [0.2, 0.25) is 0 Å². The third kappa shape index (κ3) is 6.17. The minimum Gasteiger partial charge on any atom is -0.497 e. The summed E-state index contributed by atoms with van der Waals surface area (Å²) in [6.45, 7) is 3.76. The van der Waals surface area contributed by atoms with Gasteiger partial charge < -0.3 is 10.1 Å². The Morgan fingerprint density at radius 3 is 2.42 bits per heavy atom. The summed E-state index contributed by atoms with van der Waals surface area (Å²) in [5.74, 6) is 1.15. The lowest BCUT2D eigenvalue weighted by atomic mass is 9.85. The van der Waals surface area contributed by atoms with E-state index in [-0.39, 0.29) is 30.6 Å². The van der Waals surface area contributed by atoms with Crippen LogP contribution < -0.4 is 10.1 Å². The first-order chi connectivity index (χ1) is 15.0. The van der Waals surface area contributed by atoms with Gasteiger partial charge in [0.05, 0.1) is 7.11 Å². The van der Waals surface area contributed by atoms with E-state index in [2.05, 4.69) is 36.3 Å². The number of aryl methyl sites for hydroxylation is 1. The molecule has 31 heavy (non-hydrogen) atoms. The lowest BCUT2D eigenvalue weighted by molar-refractivity contribution is -0.121. The molecule has 1 saturated heterocycles. The lowest BCUT2D eigenvalue weighted by Crippen LogP contribution is -2.41. The van der Waals surface area contributed by atoms with Crippen molar-refractivity contribution in [1.29, 1.82) is 0 Å². The second-order valence-electron chi connectivity index (χ2n) is 8.38. The van der Waals surface area contributed by atoms with Crippen LogP contribution in [0.3, 0.4) is 0 Å². The minimum absolute atomic E-state index is 0.0197. The van der Waals surface area contributed by atoms with E-state index in [0.29, 0.717) is 18.0 Å². The molecule has 5 nitrogen and oxygen atoms in total. The summed E-state index contributed by atoms with van der Waals surface area (Å²) >= 11 is 0. The first-order valence-corrected chi connectivity index (χ1v) is 11.2. The van der Waals surface area contributed by atoms with E-state index in [1.54, 1.807) is 7.11 Å². The van der Waals surface area contributed by atoms with Crippen molar-refractivity contribution in [3.63, 3.8) is 0 Å². The molecule has 1 fully saturated rings. The van der Waals surface area contributed by atoms with Crippen molar-refractivity contribution in [2.24, 2.45) is 5.92 Å². The van der Waals surface area contributed by atoms with Gasteiger partial charge in [-0.2, -0.15) is 0 Å². The van der Waals surface area contributed by atoms with Crippen LogP contribution in [0.1, 0.15) is 60.1 Å². The van der Waals surface area contributed by atoms with Gasteiger partial charge in [-0.3, -0.25) is 14.5 Å². The molecule has 2 aromatic rings. The first kappa shape index (κ1) is 23.0. The molecule has 5 heteroatoms. The van der Waals surface area contributed by atoms with E-state index >= 15 is 0 Å². The van der Waals surface area contributed by atoms with Crippen LogP contribution >= 0.6 is 0 Å². The Labute approximate surface area is 185 Å². The van der Waals surface area contributed by atoms with Gasteiger partial charge in [0, 0.05) is 31.0 Å². The molecule has 0 bridgehead atoms. The van der Waals surface area contributed by atoms with E-state index < -0.39 is 0 Å². The van der Waals surface area contributed by atoms with Crippen molar-refractivity contribution in [3.8, 4) is 5.75 Å². The van der Waals surface area contributed by atoms with E-state index in [4.69, 9.17) is 4.74 Å². The fourth-order valence-electron chi connectivity index (χ4n) is 4.43. The van der Waals surface area contributed by atoms with Crippen LogP contribution in [0.25, 0.3) is 0 Å². The number of carbonyl (C=O) groups excluding carboxylic acids is 2. The maximum Gasteiger partial charge on any atom is 0.220 e. The average Bonchev–Trinajstić information content (AvgIpc) is 2.81. The zero-order chi connectivity index (χ0) is 22.2. The highest BCUT2D eigenvalue weighted by molar-refractivity contribution is 5.97. The topological polar surface area (TPSA) is 58.6 Å². The fourth-order valence-corrected chi connectivity index (χ4v) is 4.43. The van der Waals surface area contributed by atoms with Crippen LogP contribution in [-0.4, -0.2) is 43.8 Å². The van der Waals surface area contributed by atoms with Crippen LogP contribution in [0.15, 0.2) is 48.5 Å². The van der Waals surface area contributed by atoms with Gasteiger partial charge in [-0.1, -0.05) is 43.3 Å². The minimum atomic E-state index is -0.0553. The molecular weight excluding hydrogens is 388 g/mol. The largest absolute Gasteiger partial charge is 0.497 e. The molecule has 2 unspecified atom stereocenters. The van der Waals surface area contributed by atoms with E-state index in [9.17, 15) is 9.59 Å². The number of hydrogen-bond acceptors (Lipinski definition) is 4. The monoisotopic (exact) mass is 422 g/mol. The van der Waals surface area contributed by atoms with Gasteiger partial charge in [-0.25, -0.2) is 0 Å². The number of ether oxygens (including phenoxy) is 1. The SMILES string of the molecule is CCc1ccc(C(=O)CCC(=O)NCC2CCCN(C)C2c2ccc(OC)cc2)cc1. The van der Waals surface area contributed by atoms with Gasteiger partial charge in [0.2, 0.25) is 5.91 Å². The number of hydrogen-bond donors (Lipinski definition) is 1. The summed E-state index contributed by atoms with van der Waals surface area (Å²) in [5, 5.41) is 3.08. The summed E-state index contributed by atoms with van der Waals surface area (Å²) in [5.41, 5.74) is 3.13. The van der Waals surface area contributed by atoms with Crippen LogP contribution in [0, 0.1) is 5.92 Å². The Hall–Kier alpha value is -2.66. The zero-order valence-electron chi connectivity index (χ0n) is 18.9. The smallest absolute Gasteiger partial charge is 0.220 e. The Morgan fingerprint density at radius 1 is 1.06 bits per heavy atom. The van der Waals surface area contributed by atoms with Gasteiger partial charge in [0.1, 0.15) is 5.75 Å². The molecule has 1 heterocycles. The Kier molecular flexibility index (Phi) is 8.24. The lowest BCUT2D eigenvalue weighted by Gasteiger charge is -2.39. The molecule has 1 aliphatic rings. The summed E-state index contributed by atoms with van der Waals surface area (Å²) in [6, 6.07) is 16.1. The normalized spacial score (nSPS) is 19.1. The van der Waals surface area contributed by atoms with E-state index in [1.807, 2.05) is 36.4 Å². The third-order valence-corrected chi connectivity index (χ3v) is 6.29. The van der Waals surface area contributed by atoms with Crippen LogP contribution in [0.4, 0.5) is 0 Å². The first-order valence-electron chi connectivity index (χ1n) is 11.2. The number of Topliss-reactive ketones (excluding diaryl/α,β-unsaturated/α-hetero) is 1. The molecule has 1 amide bonds. The highest BCUT2D eigenvalue weighted by Gasteiger charge is 2.30. The predicted molar refractivity (Wildman–Crippen MR) is 123 cm³/mol. The number of benzene rings is 2. The number of ketones is 1. The van der Waals surface area contributed by atoms with Gasteiger partial charge in [0.25, 0.3) is 0 Å². The molecule has 2 atom stereocenters. The molecule has 3 rings (SSSR count). The van der Waals surface area contributed by atoms with Crippen molar-refractivity contribution < 1.29 is 14.3 Å². The number of rotatable bonds is 9. The quantitative estimate of drug-likeness (QED) is 0.608. The molecular formula is C26H34N2O3. The molecule has 166 valence electrons. The number of methoxy groups -OCH3 is 1. The number of likely N-dealkylation sites (tertiary alicyclic amines) is 1. The van der Waals surface area contributed by atoms with Gasteiger partial charge in [0.15, 0.2) is 5.78 Å². The highest BCUT2D eigenvalue weighted by Crippen LogP contribution is 2.35. The maximum absolute atomic E-state index is 12.4. The second-order valence-corrected chi connectivity index (χ2v) is 8.38. The molecule has 0 aliphatic carbocycles. The summed E-state index contributed by atoms with van der Waals surface area (Å²) in [7, 11) is 3.82. The van der Waals surface area contributed by atoms with Gasteiger partial charge in [-0.15, -0.1) is 0 Å². The number of nitrogens with zero attached hydrogens (tertiary/aromatic N) is 1. The highest BCUT2D eigenvalue weighted by atomic mass is 16.5. The molecule has 2 aromatic carbocycles. The molecule has 0 radical (unpaired) electrons. The van der Waals surface area contributed by atoms with Crippen molar-refractivity contribution in [2.45, 2.75) is 45.1 Å². The zero-order valence-corrected chi connectivity index (χ0v) is 18.9. The van der Waals surface area contributed by atoms with Crippen LogP contribution in [-0.2, 0) is 11.2 Å². The summed E-state index contributed by atoms with van der Waals surface area (Å²) in [4.78, 5) is 27.2. The number of amides is 1. The molecule has 0 aromatic heterocycles. The van der Waals surface area contributed by atoms with Crippen molar-refractivity contribution in [3.05, 3.63) is 65.2 Å². The maximum atomic E-state index is 12.4. The fraction of sp³-hybridized carbons (Fsp3) is 0.462. The molecule has 0 saturated carbocycles. The summed E-state index contributed by atoms with van der Waals surface area (Å²) < 4.78 is 5.28. The third-order valence-electron chi connectivity index (χ3n) is 6.29. The van der Waals surface area contributed by atoms with Gasteiger partial charge in [-0.05, 0) is 62.0 Å². The van der Waals surface area contributed by atoms with Crippen LogP contribution in [0.5, 0.6) is 5.75 Å². The molecule has 1 aliphatic heterocycles. The standard InChI is InChI=1S/C26H34N2O3/c1-4-19-7-9-20(10-8-19)24(29)15-16-25(30)27-18-22-6-5-17-28(2)26(22)21-11-13-23(31-3)14-12-21/h7-14,22,26H,4-6,15-18H2,1-3H3,(H,27,30). The van der Waals surface area contributed by atoms with E-state index in [1.165, 1.54) is 11.1 Å². The Morgan fingerprint density at radius 2 is 1.77 bits per heavy atom. The average molecular weight is 423 g/mol. The van der Waals surface area contributed by atoms with Crippen molar-refractivity contribution in [1.82, 2.24) is 10.2 Å². The second kappa shape index (κ2) is 11.1. The van der Waals surface area contributed by atoms with Crippen molar-refractivity contribution >= 4 is 11.7 Å². The Balaban J connectivity index is 1.52. The van der Waals surface area contributed by atoms with E-state index in [0.717, 1.165) is 31.6 Å².